The van der Waals surface area contributed by atoms with Crippen LogP contribution in [0.15, 0.2) is 0 Å². The number of rotatable bonds is 4. The lowest BCUT2D eigenvalue weighted by Gasteiger charge is -2.19. The zero-order valence-corrected chi connectivity index (χ0v) is 9.68. The summed E-state index contributed by atoms with van der Waals surface area (Å²) in [4.78, 5) is 7.97. The van der Waals surface area contributed by atoms with Crippen molar-refractivity contribution in [1.82, 2.24) is 9.97 Å². The largest absolute Gasteiger partial charge is 0.374 e. The molecular formula is C12H20N2O. The maximum Gasteiger partial charge on any atom is 0.132 e. The van der Waals surface area contributed by atoms with E-state index in [1.165, 1.54) is 30.7 Å². The zero-order chi connectivity index (χ0) is 10.7. The first kappa shape index (κ1) is 10.7. The molecule has 0 saturated carbocycles. The van der Waals surface area contributed by atoms with Crippen molar-refractivity contribution in [2.24, 2.45) is 5.92 Å². The number of hydrogen-bond donors (Lipinski definition) is 1. The van der Waals surface area contributed by atoms with Gasteiger partial charge in [0, 0.05) is 12.3 Å². The molecular weight excluding hydrogens is 188 g/mol. The molecule has 2 rings (SSSR count). The van der Waals surface area contributed by atoms with Gasteiger partial charge in [-0.25, -0.2) is 4.98 Å². The van der Waals surface area contributed by atoms with Crippen molar-refractivity contribution in [3.63, 3.8) is 0 Å². The fourth-order valence-corrected chi connectivity index (χ4v) is 2.23. The van der Waals surface area contributed by atoms with Crippen LogP contribution in [-0.2, 0) is 24.2 Å². The summed E-state index contributed by atoms with van der Waals surface area (Å²) < 4.78 is 5.36. The second-order valence-electron chi connectivity index (χ2n) is 4.26. The molecule has 1 atom stereocenters. The Labute approximate surface area is 91.3 Å². The van der Waals surface area contributed by atoms with Crippen molar-refractivity contribution in [2.75, 3.05) is 6.61 Å². The number of nitrogens with one attached hydrogen (secondary N) is 1. The molecule has 1 aromatic heterocycles. The molecule has 1 aromatic rings. The van der Waals surface area contributed by atoms with E-state index >= 15 is 0 Å². The molecule has 3 nitrogen and oxygen atoms in total. The summed E-state index contributed by atoms with van der Waals surface area (Å²) in [5.41, 5.74) is 2.62. The Hall–Kier alpha value is -0.830. The van der Waals surface area contributed by atoms with E-state index in [-0.39, 0.29) is 0 Å². The normalized spacial score (nSPS) is 20.3. The van der Waals surface area contributed by atoms with E-state index in [1.807, 2.05) is 6.92 Å². The third-order valence-corrected chi connectivity index (χ3v) is 3.22. The van der Waals surface area contributed by atoms with Crippen molar-refractivity contribution in [2.45, 2.75) is 46.1 Å². The molecule has 1 N–H and O–H groups in total. The molecule has 0 aromatic carbocycles. The number of hydrogen-bond acceptors (Lipinski definition) is 2. The number of nitrogens with zero attached hydrogens (tertiary/aromatic N) is 1. The van der Waals surface area contributed by atoms with Crippen molar-refractivity contribution in [3.8, 4) is 0 Å². The third kappa shape index (κ3) is 2.40. The van der Waals surface area contributed by atoms with Gasteiger partial charge in [-0.05, 0) is 32.1 Å². The number of aromatic amines is 1. The molecule has 1 aliphatic carbocycles. The van der Waals surface area contributed by atoms with Crippen molar-refractivity contribution >= 4 is 0 Å². The minimum absolute atomic E-state index is 0.625. The molecule has 15 heavy (non-hydrogen) atoms. The zero-order valence-electron chi connectivity index (χ0n) is 9.68. The lowest BCUT2D eigenvalue weighted by atomic mass is 9.88. The molecule has 0 spiro atoms. The number of ether oxygens (including phenoxy) is 1. The first-order valence-electron chi connectivity index (χ1n) is 5.97. The summed E-state index contributed by atoms with van der Waals surface area (Å²) in [5.74, 6) is 1.84. The summed E-state index contributed by atoms with van der Waals surface area (Å²) in [6.07, 6.45) is 4.88. The van der Waals surface area contributed by atoms with Gasteiger partial charge in [0.2, 0.25) is 0 Å². The van der Waals surface area contributed by atoms with Gasteiger partial charge in [0.05, 0.1) is 5.69 Å². The van der Waals surface area contributed by atoms with Gasteiger partial charge in [-0.1, -0.05) is 13.3 Å². The Balaban J connectivity index is 2.04. The molecule has 0 saturated heterocycles. The van der Waals surface area contributed by atoms with E-state index in [0.29, 0.717) is 6.61 Å². The average molecular weight is 208 g/mol. The van der Waals surface area contributed by atoms with Gasteiger partial charge in [0.1, 0.15) is 12.4 Å². The van der Waals surface area contributed by atoms with Crippen LogP contribution >= 0.6 is 0 Å². The van der Waals surface area contributed by atoms with Crippen LogP contribution in [0, 0.1) is 5.92 Å². The van der Waals surface area contributed by atoms with E-state index in [1.54, 1.807) is 0 Å². The minimum atomic E-state index is 0.625. The second-order valence-corrected chi connectivity index (χ2v) is 4.26. The highest BCUT2D eigenvalue weighted by atomic mass is 16.5. The van der Waals surface area contributed by atoms with Crippen LogP contribution in [0.2, 0.25) is 0 Å². The van der Waals surface area contributed by atoms with Gasteiger partial charge in [-0.15, -0.1) is 0 Å². The lowest BCUT2D eigenvalue weighted by Crippen LogP contribution is -2.12. The lowest BCUT2D eigenvalue weighted by molar-refractivity contribution is 0.128. The first-order chi connectivity index (χ1) is 7.33. The fourth-order valence-electron chi connectivity index (χ4n) is 2.23. The summed E-state index contributed by atoms with van der Waals surface area (Å²) >= 11 is 0. The van der Waals surface area contributed by atoms with Gasteiger partial charge < -0.3 is 9.72 Å². The third-order valence-electron chi connectivity index (χ3n) is 3.22. The Bertz CT molecular complexity index is 319. The van der Waals surface area contributed by atoms with Gasteiger partial charge in [-0.2, -0.15) is 0 Å². The smallest absolute Gasteiger partial charge is 0.132 e. The molecule has 3 heteroatoms. The number of fused-ring (bicyclic) bond motifs is 1. The molecule has 0 radical (unpaired) electrons. The first-order valence-corrected chi connectivity index (χ1v) is 5.97. The molecule has 0 amide bonds. The number of imidazole rings is 1. The minimum Gasteiger partial charge on any atom is -0.374 e. The second kappa shape index (κ2) is 4.79. The fraction of sp³-hybridized carbons (Fsp3) is 0.750. The maximum absolute atomic E-state index is 5.36. The Morgan fingerprint density at radius 3 is 3.07 bits per heavy atom. The van der Waals surface area contributed by atoms with Crippen LogP contribution in [0.4, 0.5) is 0 Å². The van der Waals surface area contributed by atoms with Gasteiger partial charge in [0.25, 0.3) is 0 Å². The quantitative estimate of drug-likeness (QED) is 0.825. The molecule has 0 fully saturated rings. The molecule has 84 valence electrons. The summed E-state index contributed by atoms with van der Waals surface area (Å²) in [6, 6.07) is 0. The predicted octanol–water partition coefficient (Wildman–Crippen LogP) is 2.46. The number of aryl methyl sites for hydroxylation is 1. The Morgan fingerprint density at radius 2 is 2.33 bits per heavy atom. The van der Waals surface area contributed by atoms with E-state index in [0.717, 1.165) is 24.8 Å². The molecule has 0 aliphatic heterocycles. The molecule has 1 unspecified atom stereocenters. The number of aromatic nitrogens is 2. The van der Waals surface area contributed by atoms with Crippen LogP contribution in [0.5, 0.6) is 0 Å². The van der Waals surface area contributed by atoms with E-state index in [9.17, 15) is 0 Å². The molecule has 1 heterocycles. The summed E-state index contributed by atoms with van der Waals surface area (Å²) in [7, 11) is 0. The predicted molar refractivity (Wildman–Crippen MR) is 59.7 cm³/mol. The SMILES string of the molecule is CCOCc1nc2c([nH]1)CC(CC)CC2. The Morgan fingerprint density at radius 1 is 1.47 bits per heavy atom. The molecule has 0 bridgehead atoms. The monoisotopic (exact) mass is 208 g/mol. The van der Waals surface area contributed by atoms with Crippen molar-refractivity contribution < 1.29 is 4.74 Å². The van der Waals surface area contributed by atoms with Gasteiger partial charge in [-0.3, -0.25) is 0 Å². The highest BCUT2D eigenvalue weighted by Gasteiger charge is 2.20. The van der Waals surface area contributed by atoms with Crippen molar-refractivity contribution in [3.05, 3.63) is 17.2 Å². The highest BCUT2D eigenvalue weighted by molar-refractivity contribution is 5.18. The van der Waals surface area contributed by atoms with Gasteiger partial charge >= 0.3 is 0 Å². The number of H-pyrrole nitrogens is 1. The van der Waals surface area contributed by atoms with Crippen LogP contribution in [0.1, 0.15) is 43.9 Å². The van der Waals surface area contributed by atoms with Crippen LogP contribution in [0.3, 0.4) is 0 Å². The topological polar surface area (TPSA) is 37.9 Å². The summed E-state index contributed by atoms with van der Waals surface area (Å²) in [6.45, 7) is 5.66. The Kier molecular flexibility index (Phi) is 3.41. The summed E-state index contributed by atoms with van der Waals surface area (Å²) in [5, 5.41) is 0. The van der Waals surface area contributed by atoms with Crippen LogP contribution in [0.25, 0.3) is 0 Å². The van der Waals surface area contributed by atoms with E-state index < -0.39 is 0 Å². The van der Waals surface area contributed by atoms with Crippen molar-refractivity contribution in [1.29, 1.82) is 0 Å². The van der Waals surface area contributed by atoms with E-state index in [4.69, 9.17) is 4.74 Å². The van der Waals surface area contributed by atoms with E-state index in [2.05, 4.69) is 16.9 Å². The molecule has 1 aliphatic rings. The maximum atomic E-state index is 5.36. The standard InChI is InChI=1S/C12H20N2O/c1-3-9-5-6-10-11(7-9)14-12(13-10)8-15-4-2/h9H,3-8H2,1-2H3,(H,13,14). The average Bonchev–Trinajstić information content (AvgIpc) is 2.67. The van der Waals surface area contributed by atoms with Crippen LogP contribution < -0.4 is 0 Å². The van der Waals surface area contributed by atoms with Crippen LogP contribution in [-0.4, -0.2) is 16.6 Å². The van der Waals surface area contributed by atoms with Gasteiger partial charge in [0.15, 0.2) is 0 Å². The highest BCUT2D eigenvalue weighted by Crippen LogP contribution is 2.25.